The van der Waals surface area contributed by atoms with Crippen LogP contribution in [0.15, 0.2) is 243 Å². The number of para-hydroxylation sites is 2. The van der Waals surface area contributed by atoms with E-state index in [1.54, 1.807) is 0 Å². The summed E-state index contributed by atoms with van der Waals surface area (Å²) in [4.78, 5) is 4.88. The zero-order valence-corrected chi connectivity index (χ0v) is 33.0. The summed E-state index contributed by atoms with van der Waals surface area (Å²) in [5.74, 6) is 0. The predicted molar refractivity (Wildman–Crippen MR) is 257 cm³/mol. The molecule has 0 saturated heterocycles. The molecule has 0 saturated carbocycles. The fourth-order valence-corrected chi connectivity index (χ4v) is 9.07. The first-order valence-electron chi connectivity index (χ1n) is 20.6. The van der Waals surface area contributed by atoms with E-state index in [4.69, 9.17) is 0 Å². The van der Waals surface area contributed by atoms with Crippen LogP contribution < -0.4 is 9.80 Å². The van der Waals surface area contributed by atoms with Crippen LogP contribution in [0.2, 0.25) is 0 Å². The molecule has 0 heterocycles. The quantitative estimate of drug-likeness (QED) is 0.112. The van der Waals surface area contributed by atoms with E-state index in [0.717, 1.165) is 34.1 Å². The van der Waals surface area contributed by atoms with Gasteiger partial charge in [0.2, 0.25) is 0 Å². The molecule has 0 aliphatic rings. The van der Waals surface area contributed by atoms with Gasteiger partial charge in [0.1, 0.15) is 0 Å². The molecule has 0 bridgehead atoms. The van der Waals surface area contributed by atoms with Gasteiger partial charge in [0.05, 0.1) is 11.4 Å². The molecule has 0 unspecified atom stereocenters. The third-order valence-electron chi connectivity index (χ3n) is 11.8. The highest BCUT2D eigenvalue weighted by molar-refractivity contribution is 6.23. The average molecular weight is 765 g/mol. The van der Waals surface area contributed by atoms with Crippen molar-refractivity contribution in [2.75, 3.05) is 9.80 Å². The summed E-state index contributed by atoms with van der Waals surface area (Å²) in [7, 11) is 0. The van der Waals surface area contributed by atoms with Gasteiger partial charge in [0.25, 0.3) is 0 Å². The largest absolute Gasteiger partial charge is 0.309 e. The van der Waals surface area contributed by atoms with Crippen LogP contribution in [-0.2, 0) is 0 Å². The van der Waals surface area contributed by atoms with E-state index in [2.05, 4.69) is 252 Å². The molecule has 2 nitrogen and oxygen atoms in total. The van der Waals surface area contributed by atoms with E-state index in [1.165, 1.54) is 65.3 Å². The molecule has 0 aliphatic heterocycles. The summed E-state index contributed by atoms with van der Waals surface area (Å²) in [6.45, 7) is 0. The van der Waals surface area contributed by atoms with Crippen molar-refractivity contribution in [3.63, 3.8) is 0 Å². The molecule has 0 amide bonds. The average Bonchev–Trinajstić information content (AvgIpc) is 3.33. The summed E-state index contributed by atoms with van der Waals surface area (Å²) < 4.78 is 0. The molecule has 2 heteroatoms. The zero-order chi connectivity index (χ0) is 39.8. The molecule has 11 aromatic rings. The van der Waals surface area contributed by atoms with Crippen molar-refractivity contribution < 1.29 is 0 Å². The number of rotatable bonds is 8. The third-order valence-corrected chi connectivity index (χ3v) is 11.8. The molecule has 282 valence electrons. The van der Waals surface area contributed by atoms with Crippen LogP contribution in [0.1, 0.15) is 0 Å². The first kappa shape index (κ1) is 35.2. The van der Waals surface area contributed by atoms with Gasteiger partial charge in [-0.25, -0.2) is 0 Å². The van der Waals surface area contributed by atoms with Crippen LogP contribution >= 0.6 is 0 Å². The van der Waals surface area contributed by atoms with Gasteiger partial charge >= 0.3 is 0 Å². The molecule has 11 aromatic carbocycles. The first-order chi connectivity index (χ1) is 29.8. The molecule has 0 N–H and O–H groups in total. The van der Waals surface area contributed by atoms with Crippen LogP contribution in [0, 0.1) is 0 Å². The van der Waals surface area contributed by atoms with E-state index in [-0.39, 0.29) is 0 Å². The Balaban J connectivity index is 1.12. The van der Waals surface area contributed by atoms with Crippen molar-refractivity contribution in [3.05, 3.63) is 243 Å². The topological polar surface area (TPSA) is 6.48 Å². The lowest BCUT2D eigenvalue weighted by molar-refractivity contribution is 1.29. The van der Waals surface area contributed by atoms with Crippen LogP contribution in [0.5, 0.6) is 0 Å². The van der Waals surface area contributed by atoms with E-state index >= 15 is 0 Å². The Kier molecular flexibility index (Phi) is 8.87. The van der Waals surface area contributed by atoms with Crippen LogP contribution in [0.3, 0.4) is 0 Å². The Bertz CT molecular complexity index is 3010. The molecular formula is C58H40N2. The van der Waals surface area contributed by atoms with E-state index in [9.17, 15) is 0 Å². The van der Waals surface area contributed by atoms with E-state index in [1.807, 2.05) is 0 Å². The number of fused-ring (bicyclic) bond motifs is 4. The highest BCUT2D eigenvalue weighted by Gasteiger charge is 2.25. The minimum atomic E-state index is 1.09. The van der Waals surface area contributed by atoms with Crippen molar-refractivity contribution in [1.29, 1.82) is 0 Å². The molecule has 0 spiro atoms. The molecule has 0 fully saturated rings. The van der Waals surface area contributed by atoms with Gasteiger partial charge in [0.15, 0.2) is 0 Å². The van der Waals surface area contributed by atoms with Crippen molar-refractivity contribution in [1.82, 2.24) is 0 Å². The van der Waals surface area contributed by atoms with Crippen LogP contribution in [0.4, 0.5) is 34.1 Å². The molecule has 11 rings (SSSR count). The fourth-order valence-electron chi connectivity index (χ4n) is 9.07. The summed E-state index contributed by atoms with van der Waals surface area (Å²) in [5, 5.41) is 9.67. The minimum absolute atomic E-state index is 1.09. The van der Waals surface area contributed by atoms with Crippen molar-refractivity contribution in [2.24, 2.45) is 0 Å². The van der Waals surface area contributed by atoms with Gasteiger partial charge in [-0.1, -0.05) is 194 Å². The molecule has 0 radical (unpaired) electrons. The fraction of sp³-hybridized carbons (Fsp3) is 0. The Morgan fingerprint density at radius 2 is 0.483 bits per heavy atom. The first-order valence-corrected chi connectivity index (χ1v) is 20.6. The second-order valence-electron chi connectivity index (χ2n) is 15.3. The van der Waals surface area contributed by atoms with Gasteiger partial charge < -0.3 is 9.80 Å². The van der Waals surface area contributed by atoms with Crippen molar-refractivity contribution in [3.8, 4) is 22.3 Å². The molecule has 0 aromatic heterocycles. The number of anilines is 6. The number of nitrogens with zero attached hydrogens (tertiary/aromatic N) is 2. The second kappa shape index (κ2) is 15.1. The van der Waals surface area contributed by atoms with E-state index in [0.29, 0.717) is 0 Å². The maximum absolute atomic E-state index is 2.44. The summed E-state index contributed by atoms with van der Waals surface area (Å²) in [6.07, 6.45) is 0. The normalized spacial score (nSPS) is 11.3. The lowest BCUT2D eigenvalue weighted by Gasteiger charge is -2.33. The zero-order valence-electron chi connectivity index (χ0n) is 33.0. The van der Waals surface area contributed by atoms with Crippen molar-refractivity contribution in [2.45, 2.75) is 0 Å². The summed E-state index contributed by atoms with van der Waals surface area (Å²) in [5.41, 5.74) is 11.5. The monoisotopic (exact) mass is 764 g/mol. The lowest BCUT2D eigenvalue weighted by atomic mass is 9.94. The van der Waals surface area contributed by atoms with Crippen LogP contribution in [0.25, 0.3) is 65.3 Å². The number of hydrogen-bond acceptors (Lipinski definition) is 2. The highest BCUT2D eigenvalue weighted by atomic mass is 15.2. The maximum Gasteiger partial charge on any atom is 0.0619 e. The molecule has 60 heavy (non-hydrogen) atoms. The Hall–Kier alpha value is -7.94. The van der Waals surface area contributed by atoms with Gasteiger partial charge in [-0.3, -0.25) is 0 Å². The lowest BCUT2D eigenvalue weighted by Crippen LogP contribution is -2.14. The SMILES string of the molecule is c1ccc(N(c2ccc(-c3cccc4ccccc34)cc2)c2c3ccccc3c(N(c3ccccc3)c3ccc(-c4cccc5ccccc45)cc3)c3ccccc23)cc1. The standard InChI is InChI=1S/C58H40N2/c1-3-21-45(22-4-1)59(47-37-33-43(34-38-47)51-31-15-19-41-17-7-9-25-49(41)51)57-53-27-11-13-29-55(53)58(56-30-14-12-28-54(56)57)60(46-23-5-2-6-24-46)48-39-35-44(36-40-48)52-32-16-20-42-18-8-10-26-50(42)52/h1-40H. The molecule has 0 aliphatic carbocycles. The number of hydrogen-bond donors (Lipinski definition) is 0. The smallest absolute Gasteiger partial charge is 0.0619 e. The Morgan fingerprint density at radius 3 is 0.850 bits per heavy atom. The second-order valence-corrected chi connectivity index (χ2v) is 15.3. The van der Waals surface area contributed by atoms with Gasteiger partial charge in [-0.05, 0) is 92.3 Å². The van der Waals surface area contributed by atoms with Crippen LogP contribution in [-0.4, -0.2) is 0 Å². The van der Waals surface area contributed by atoms with Gasteiger partial charge in [-0.15, -0.1) is 0 Å². The predicted octanol–water partition coefficient (Wildman–Crippen LogP) is 16.6. The maximum atomic E-state index is 2.44. The third kappa shape index (κ3) is 6.14. The highest BCUT2D eigenvalue weighted by Crippen LogP contribution is 2.51. The van der Waals surface area contributed by atoms with Gasteiger partial charge in [-0.2, -0.15) is 0 Å². The molecular weight excluding hydrogens is 725 g/mol. The molecule has 0 atom stereocenters. The van der Waals surface area contributed by atoms with E-state index < -0.39 is 0 Å². The minimum Gasteiger partial charge on any atom is -0.309 e. The summed E-state index contributed by atoms with van der Waals surface area (Å²) >= 11 is 0. The number of benzene rings is 11. The van der Waals surface area contributed by atoms with Crippen molar-refractivity contribution >= 4 is 77.2 Å². The summed E-state index contributed by atoms with van der Waals surface area (Å²) in [6, 6.07) is 87.9. The van der Waals surface area contributed by atoms with Gasteiger partial charge in [0, 0.05) is 44.3 Å². The Labute approximate surface area is 350 Å². The Morgan fingerprint density at radius 1 is 0.200 bits per heavy atom.